The van der Waals surface area contributed by atoms with E-state index in [2.05, 4.69) is 10.5 Å². The fraction of sp³-hybridized carbons (Fsp3) is 0.125. The lowest BCUT2D eigenvalue weighted by atomic mass is 10.1. The van der Waals surface area contributed by atoms with Crippen LogP contribution in [0.4, 0.5) is 0 Å². The van der Waals surface area contributed by atoms with Crippen molar-refractivity contribution in [2.75, 3.05) is 7.11 Å². The molecule has 1 amide bonds. The van der Waals surface area contributed by atoms with E-state index in [-0.39, 0.29) is 11.7 Å². The maximum absolute atomic E-state index is 12.0. The van der Waals surface area contributed by atoms with Gasteiger partial charge in [0.1, 0.15) is 5.75 Å². The van der Waals surface area contributed by atoms with Gasteiger partial charge in [0.25, 0.3) is 5.91 Å². The fourth-order valence-electron chi connectivity index (χ4n) is 1.86. The molecule has 5 nitrogen and oxygen atoms in total. The van der Waals surface area contributed by atoms with Crippen LogP contribution in [0.3, 0.4) is 0 Å². The highest BCUT2D eigenvalue weighted by Crippen LogP contribution is 2.16. The highest BCUT2D eigenvalue weighted by molar-refractivity contribution is 5.85. The van der Waals surface area contributed by atoms with Crippen LogP contribution in [-0.2, 0) is 9.53 Å². The lowest BCUT2D eigenvalue weighted by Gasteiger charge is -2.13. The summed E-state index contributed by atoms with van der Waals surface area (Å²) in [6, 6.07) is 15.7. The molecule has 2 aromatic rings. The first kappa shape index (κ1) is 14.7. The van der Waals surface area contributed by atoms with E-state index in [0.717, 1.165) is 5.56 Å². The number of hydrogen-bond donors (Lipinski definition) is 2. The number of carbonyl (C=O) groups is 1. The molecule has 0 aromatic heterocycles. The number of amides is 1. The van der Waals surface area contributed by atoms with E-state index in [1.807, 2.05) is 30.3 Å². The van der Waals surface area contributed by atoms with Gasteiger partial charge in [0.15, 0.2) is 6.10 Å². The molecule has 0 saturated heterocycles. The smallest absolute Gasteiger partial charge is 0.273 e. The van der Waals surface area contributed by atoms with E-state index >= 15 is 0 Å². The van der Waals surface area contributed by atoms with Gasteiger partial charge in [0.05, 0.1) is 6.21 Å². The zero-order valence-corrected chi connectivity index (χ0v) is 11.6. The van der Waals surface area contributed by atoms with Gasteiger partial charge in [-0.3, -0.25) is 4.79 Å². The number of rotatable bonds is 5. The van der Waals surface area contributed by atoms with Crippen LogP contribution in [0.1, 0.15) is 17.2 Å². The summed E-state index contributed by atoms with van der Waals surface area (Å²) in [6.45, 7) is 0. The second-order valence-electron chi connectivity index (χ2n) is 4.36. The van der Waals surface area contributed by atoms with E-state index in [4.69, 9.17) is 4.74 Å². The highest BCUT2D eigenvalue weighted by Gasteiger charge is 2.18. The normalized spacial score (nSPS) is 12.2. The van der Waals surface area contributed by atoms with Crippen molar-refractivity contribution in [3.8, 4) is 5.75 Å². The summed E-state index contributed by atoms with van der Waals surface area (Å²) < 4.78 is 5.19. The molecule has 0 aliphatic heterocycles. The molecule has 2 N–H and O–H groups in total. The molecule has 0 aliphatic rings. The van der Waals surface area contributed by atoms with Gasteiger partial charge in [0.2, 0.25) is 0 Å². The largest absolute Gasteiger partial charge is 0.508 e. The van der Waals surface area contributed by atoms with Crippen LogP contribution in [0.5, 0.6) is 5.75 Å². The van der Waals surface area contributed by atoms with Gasteiger partial charge in [-0.1, -0.05) is 42.5 Å². The molecule has 0 radical (unpaired) electrons. The average molecular weight is 284 g/mol. The summed E-state index contributed by atoms with van der Waals surface area (Å²) in [7, 11) is 1.47. The number of nitrogens with zero attached hydrogens (tertiary/aromatic N) is 1. The van der Waals surface area contributed by atoms with Crippen molar-refractivity contribution in [3.63, 3.8) is 0 Å². The molecular weight excluding hydrogens is 268 g/mol. The number of phenolic OH excluding ortho intramolecular Hbond substituents is 1. The molecule has 0 spiro atoms. The number of hydrazone groups is 1. The average Bonchev–Trinajstić information content (AvgIpc) is 2.49. The van der Waals surface area contributed by atoms with E-state index in [0.29, 0.717) is 5.56 Å². The number of methoxy groups -OCH3 is 1. The molecule has 1 atom stereocenters. The maximum Gasteiger partial charge on any atom is 0.273 e. The third-order valence-electron chi connectivity index (χ3n) is 2.83. The molecule has 21 heavy (non-hydrogen) atoms. The van der Waals surface area contributed by atoms with Gasteiger partial charge in [-0.15, -0.1) is 0 Å². The van der Waals surface area contributed by atoms with Crippen molar-refractivity contribution in [3.05, 3.63) is 65.7 Å². The molecule has 0 aliphatic carbocycles. The van der Waals surface area contributed by atoms with E-state index in [1.165, 1.54) is 13.3 Å². The molecule has 2 aromatic carbocycles. The van der Waals surface area contributed by atoms with Crippen LogP contribution in [-0.4, -0.2) is 24.3 Å². The summed E-state index contributed by atoms with van der Waals surface area (Å²) in [5.41, 5.74) is 3.86. The number of carbonyl (C=O) groups excluding carboxylic acids is 1. The monoisotopic (exact) mass is 284 g/mol. The quantitative estimate of drug-likeness (QED) is 0.653. The molecule has 0 bridgehead atoms. The predicted octanol–water partition coefficient (Wildman–Crippen LogP) is 2.23. The van der Waals surface area contributed by atoms with Gasteiger partial charge in [-0.05, 0) is 23.3 Å². The van der Waals surface area contributed by atoms with Crippen LogP contribution in [0.15, 0.2) is 59.7 Å². The molecule has 108 valence electrons. The first-order valence-electron chi connectivity index (χ1n) is 6.40. The standard InChI is InChI=1S/C16H16N2O3/c1-21-15(13-7-3-2-4-8-13)16(20)18-17-11-12-6-5-9-14(19)10-12/h2-11,15,19H,1H3,(H,18,20). The highest BCUT2D eigenvalue weighted by atomic mass is 16.5. The Labute approximate surface area is 122 Å². The molecule has 0 saturated carbocycles. The minimum atomic E-state index is -0.715. The Morgan fingerprint density at radius 1 is 1.24 bits per heavy atom. The molecule has 0 fully saturated rings. The van der Waals surface area contributed by atoms with Gasteiger partial charge >= 0.3 is 0 Å². The van der Waals surface area contributed by atoms with Crippen LogP contribution >= 0.6 is 0 Å². The van der Waals surface area contributed by atoms with Crippen molar-refractivity contribution in [2.45, 2.75) is 6.10 Å². The van der Waals surface area contributed by atoms with Gasteiger partial charge < -0.3 is 9.84 Å². The minimum absolute atomic E-state index is 0.143. The number of nitrogens with one attached hydrogen (secondary N) is 1. The van der Waals surface area contributed by atoms with E-state index < -0.39 is 6.10 Å². The summed E-state index contributed by atoms with van der Waals surface area (Å²) in [6.07, 6.45) is 0.738. The molecular formula is C16H16N2O3. The van der Waals surface area contributed by atoms with Crippen molar-refractivity contribution < 1.29 is 14.6 Å². The van der Waals surface area contributed by atoms with Crippen LogP contribution < -0.4 is 5.43 Å². The summed E-state index contributed by atoms with van der Waals surface area (Å²) in [5, 5.41) is 13.2. The Hall–Kier alpha value is -2.66. The summed E-state index contributed by atoms with van der Waals surface area (Å²) in [4.78, 5) is 12.0. The van der Waals surface area contributed by atoms with Gasteiger partial charge in [-0.2, -0.15) is 5.10 Å². The maximum atomic E-state index is 12.0. The number of benzene rings is 2. The van der Waals surface area contributed by atoms with E-state index in [1.54, 1.807) is 24.3 Å². The van der Waals surface area contributed by atoms with Crippen molar-refractivity contribution in [2.24, 2.45) is 5.10 Å². The zero-order valence-electron chi connectivity index (χ0n) is 11.6. The van der Waals surface area contributed by atoms with Gasteiger partial charge in [0, 0.05) is 7.11 Å². The molecule has 5 heteroatoms. The first-order valence-corrected chi connectivity index (χ1v) is 6.40. The van der Waals surface area contributed by atoms with Gasteiger partial charge in [-0.25, -0.2) is 5.43 Å². The number of aromatic hydroxyl groups is 1. The Kier molecular flexibility index (Phi) is 5.06. The molecule has 0 heterocycles. The third-order valence-corrected chi connectivity index (χ3v) is 2.83. The topological polar surface area (TPSA) is 70.9 Å². The lowest BCUT2D eigenvalue weighted by Crippen LogP contribution is -2.26. The van der Waals surface area contributed by atoms with Crippen LogP contribution in [0.25, 0.3) is 0 Å². The third kappa shape index (κ3) is 4.15. The Morgan fingerprint density at radius 3 is 2.67 bits per heavy atom. The number of ether oxygens (including phenoxy) is 1. The summed E-state index contributed by atoms with van der Waals surface area (Å²) >= 11 is 0. The Bertz CT molecular complexity index is 626. The first-order chi connectivity index (χ1) is 10.2. The SMILES string of the molecule is COC(C(=O)NN=Cc1cccc(O)c1)c1ccccc1. The zero-order chi connectivity index (χ0) is 15.1. The Balaban J connectivity index is 2.00. The second kappa shape index (κ2) is 7.21. The van der Waals surface area contributed by atoms with Crippen molar-refractivity contribution in [1.82, 2.24) is 5.43 Å². The lowest BCUT2D eigenvalue weighted by molar-refractivity contribution is -0.131. The molecule has 2 rings (SSSR count). The predicted molar refractivity (Wildman–Crippen MR) is 80.0 cm³/mol. The van der Waals surface area contributed by atoms with Crippen molar-refractivity contribution >= 4 is 12.1 Å². The number of hydrogen-bond acceptors (Lipinski definition) is 4. The Morgan fingerprint density at radius 2 is 2.00 bits per heavy atom. The molecule has 1 unspecified atom stereocenters. The van der Waals surface area contributed by atoms with Crippen LogP contribution in [0.2, 0.25) is 0 Å². The second-order valence-corrected chi connectivity index (χ2v) is 4.36. The van der Waals surface area contributed by atoms with E-state index in [9.17, 15) is 9.90 Å². The minimum Gasteiger partial charge on any atom is -0.508 e. The fourth-order valence-corrected chi connectivity index (χ4v) is 1.86. The number of phenols is 1. The van der Waals surface area contributed by atoms with Crippen LogP contribution in [0, 0.1) is 0 Å². The summed E-state index contributed by atoms with van der Waals surface area (Å²) in [5.74, 6) is -0.218. The van der Waals surface area contributed by atoms with Crippen molar-refractivity contribution in [1.29, 1.82) is 0 Å².